The molecule has 154 valence electrons. The van der Waals surface area contributed by atoms with Crippen LogP contribution in [0.25, 0.3) is 0 Å². The number of nitrogens with zero attached hydrogens (tertiary/aromatic N) is 1. The van der Waals surface area contributed by atoms with Gasteiger partial charge < -0.3 is 10.1 Å². The molecule has 0 aliphatic heterocycles. The van der Waals surface area contributed by atoms with Crippen LogP contribution in [-0.2, 0) is 13.2 Å². The smallest absolute Gasteiger partial charge is 0.187 e. The fraction of sp³-hybridized carbons (Fsp3) is 0.0909. The lowest BCUT2D eigenvalue weighted by atomic mass is 10.2. The number of halogens is 3. The van der Waals surface area contributed by atoms with Crippen molar-refractivity contribution in [1.29, 1.82) is 0 Å². The van der Waals surface area contributed by atoms with E-state index in [1.54, 1.807) is 18.3 Å². The predicted octanol–water partition coefficient (Wildman–Crippen LogP) is 6.33. The van der Waals surface area contributed by atoms with Crippen LogP contribution < -0.4 is 15.5 Å². The number of hydrogen-bond acceptors (Lipinski definition) is 3. The van der Waals surface area contributed by atoms with Crippen LogP contribution >= 0.6 is 51.3 Å². The highest BCUT2D eigenvalue weighted by molar-refractivity contribution is 9.10. The first-order valence-corrected chi connectivity index (χ1v) is 10.9. The SMILES string of the molecule is S=C(NCc1ccccc1)NN=Cc1cc(Br)ccc1OCc1ccc(Cl)cc1Cl. The monoisotopic (exact) mass is 521 g/mol. The van der Waals surface area contributed by atoms with E-state index in [0.29, 0.717) is 34.1 Å². The molecule has 2 N–H and O–H groups in total. The minimum absolute atomic E-state index is 0.308. The summed E-state index contributed by atoms with van der Waals surface area (Å²) < 4.78 is 6.85. The Kier molecular flexibility index (Phi) is 8.51. The van der Waals surface area contributed by atoms with Crippen molar-refractivity contribution in [3.05, 3.63) is 97.9 Å². The Bertz CT molecular complexity index is 1050. The number of nitrogens with one attached hydrogen (secondary N) is 2. The molecule has 3 rings (SSSR count). The Morgan fingerprint density at radius 1 is 1.07 bits per heavy atom. The molecular formula is C22H18BrCl2N3OS. The molecule has 0 spiro atoms. The van der Waals surface area contributed by atoms with Gasteiger partial charge in [-0.2, -0.15) is 5.10 Å². The van der Waals surface area contributed by atoms with Gasteiger partial charge in [0, 0.05) is 32.2 Å². The lowest BCUT2D eigenvalue weighted by Crippen LogP contribution is -2.31. The zero-order valence-corrected chi connectivity index (χ0v) is 19.7. The van der Waals surface area contributed by atoms with Crippen molar-refractivity contribution in [2.24, 2.45) is 5.10 Å². The third-order valence-electron chi connectivity index (χ3n) is 4.04. The molecule has 3 aromatic rings. The van der Waals surface area contributed by atoms with E-state index in [-0.39, 0.29) is 0 Å². The van der Waals surface area contributed by atoms with Gasteiger partial charge in [0.05, 0.1) is 6.21 Å². The highest BCUT2D eigenvalue weighted by atomic mass is 79.9. The van der Waals surface area contributed by atoms with Crippen LogP contribution in [0, 0.1) is 0 Å². The molecule has 4 nitrogen and oxygen atoms in total. The summed E-state index contributed by atoms with van der Waals surface area (Å²) in [6.07, 6.45) is 1.65. The van der Waals surface area contributed by atoms with Gasteiger partial charge in [0.25, 0.3) is 0 Å². The summed E-state index contributed by atoms with van der Waals surface area (Å²) in [5.74, 6) is 0.665. The quantitative estimate of drug-likeness (QED) is 0.216. The molecule has 0 atom stereocenters. The average molecular weight is 523 g/mol. The minimum Gasteiger partial charge on any atom is -0.488 e. The highest BCUT2D eigenvalue weighted by Gasteiger charge is 2.06. The maximum absolute atomic E-state index is 6.22. The van der Waals surface area contributed by atoms with Crippen molar-refractivity contribution in [2.75, 3.05) is 0 Å². The first-order valence-electron chi connectivity index (χ1n) is 8.98. The van der Waals surface area contributed by atoms with E-state index in [9.17, 15) is 0 Å². The van der Waals surface area contributed by atoms with Crippen LogP contribution in [0.1, 0.15) is 16.7 Å². The van der Waals surface area contributed by atoms with Gasteiger partial charge in [-0.25, -0.2) is 0 Å². The number of thiocarbonyl (C=S) groups is 1. The standard InChI is InChI=1S/C22H18BrCl2N3OS/c23-18-7-9-21(29-14-16-6-8-19(24)11-20(16)25)17(10-18)13-27-28-22(30)26-12-15-4-2-1-3-5-15/h1-11,13H,12,14H2,(H2,26,28,30). The number of hydrazone groups is 1. The van der Waals surface area contributed by atoms with Crippen LogP contribution in [-0.4, -0.2) is 11.3 Å². The van der Waals surface area contributed by atoms with Gasteiger partial charge in [-0.3, -0.25) is 5.43 Å². The molecule has 0 bridgehead atoms. The van der Waals surface area contributed by atoms with Gasteiger partial charge >= 0.3 is 0 Å². The number of ether oxygens (including phenoxy) is 1. The highest BCUT2D eigenvalue weighted by Crippen LogP contribution is 2.25. The summed E-state index contributed by atoms with van der Waals surface area (Å²) in [6.45, 7) is 0.929. The fourth-order valence-electron chi connectivity index (χ4n) is 2.52. The number of rotatable bonds is 7. The first kappa shape index (κ1) is 22.6. The van der Waals surface area contributed by atoms with Crippen LogP contribution in [0.4, 0.5) is 0 Å². The summed E-state index contributed by atoms with van der Waals surface area (Å²) in [5, 5.41) is 8.90. The molecule has 0 saturated carbocycles. The topological polar surface area (TPSA) is 45.7 Å². The third kappa shape index (κ3) is 6.99. The van der Waals surface area contributed by atoms with Gasteiger partial charge in [0.15, 0.2) is 5.11 Å². The molecule has 30 heavy (non-hydrogen) atoms. The molecule has 0 fully saturated rings. The van der Waals surface area contributed by atoms with E-state index < -0.39 is 0 Å². The van der Waals surface area contributed by atoms with Gasteiger partial charge in [-0.05, 0) is 48.1 Å². The average Bonchev–Trinajstić information content (AvgIpc) is 2.73. The molecule has 8 heteroatoms. The molecular weight excluding hydrogens is 505 g/mol. The molecule has 0 unspecified atom stereocenters. The van der Waals surface area contributed by atoms with Crippen molar-refractivity contribution in [2.45, 2.75) is 13.2 Å². The summed E-state index contributed by atoms with van der Waals surface area (Å²) in [7, 11) is 0. The van der Waals surface area contributed by atoms with Crippen LogP contribution in [0.15, 0.2) is 76.3 Å². The largest absolute Gasteiger partial charge is 0.488 e. The molecule has 0 amide bonds. The summed E-state index contributed by atoms with van der Waals surface area (Å²) in [4.78, 5) is 0. The van der Waals surface area contributed by atoms with E-state index in [4.69, 9.17) is 40.2 Å². The maximum atomic E-state index is 6.22. The lowest BCUT2D eigenvalue weighted by molar-refractivity contribution is 0.306. The Morgan fingerprint density at radius 3 is 2.63 bits per heavy atom. The lowest BCUT2D eigenvalue weighted by Gasteiger charge is -2.11. The molecule has 0 aromatic heterocycles. The number of hydrogen-bond donors (Lipinski definition) is 2. The van der Waals surface area contributed by atoms with Crippen LogP contribution in [0.5, 0.6) is 5.75 Å². The van der Waals surface area contributed by atoms with Crippen LogP contribution in [0.2, 0.25) is 10.0 Å². The molecule has 0 radical (unpaired) electrons. The van der Waals surface area contributed by atoms with Crippen molar-refractivity contribution in [1.82, 2.24) is 10.7 Å². The van der Waals surface area contributed by atoms with Crippen molar-refractivity contribution in [3.8, 4) is 5.75 Å². The second-order valence-corrected chi connectivity index (χ2v) is 8.41. The fourth-order valence-corrected chi connectivity index (χ4v) is 3.49. The third-order valence-corrected chi connectivity index (χ3v) is 5.35. The van der Waals surface area contributed by atoms with Crippen molar-refractivity contribution in [3.63, 3.8) is 0 Å². The predicted molar refractivity (Wildman–Crippen MR) is 132 cm³/mol. The second-order valence-electron chi connectivity index (χ2n) is 6.24. The van der Waals surface area contributed by atoms with E-state index in [2.05, 4.69) is 31.8 Å². The van der Waals surface area contributed by atoms with Crippen LogP contribution in [0.3, 0.4) is 0 Å². The van der Waals surface area contributed by atoms with E-state index in [1.807, 2.05) is 54.6 Å². The molecule has 3 aromatic carbocycles. The van der Waals surface area contributed by atoms with Gasteiger partial charge in [0.1, 0.15) is 12.4 Å². The first-order chi connectivity index (χ1) is 14.5. The number of benzene rings is 3. The molecule has 0 saturated heterocycles. The molecule has 0 heterocycles. The zero-order chi connectivity index (χ0) is 21.3. The van der Waals surface area contributed by atoms with E-state index in [1.165, 1.54) is 0 Å². The van der Waals surface area contributed by atoms with Gasteiger partial charge in [-0.15, -0.1) is 0 Å². The molecule has 0 aliphatic carbocycles. The zero-order valence-electron chi connectivity index (χ0n) is 15.7. The van der Waals surface area contributed by atoms with Crippen molar-refractivity contribution < 1.29 is 4.74 Å². The molecule has 0 aliphatic rings. The minimum atomic E-state index is 0.308. The maximum Gasteiger partial charge on any atom is 0.187 e. The Balaban J connectivity index is 1.59. The summed E-state index contributed by atoms with van der Waals surface area (Å²) in [5.41, 5.74) is 5.58. The summed E-state index contributed by atoms with van der Waals surface area (Å²) in [6, 6.07) is 21.0. The second kappa shape index (κ2) is 11.3. The summed E-state index contributed by atoms with van der Waals surface area (Å²) >= 11 is 20.9. The Morgan fingerprint density at radius 2 is 1.87 bits per heavy atom. The van der Waals surface area contributed by atoms with E-state index in [0.717, 1.165) is 21.2 Å². The normalized spacial score (nSPS) is 10.8. The Hall–Kier alpha value is -2.12. The van der Waals surface area contributed by atoms with E-state index >= 15 is 0 Å². The Labute approximate surface area is 199 Å². The van der Waals surface area contributed by atoms with Gasteiger partial charge in [-0.1, -0.05) is 75.5 Å². The van der Waals surface area contributed by atoms with Gasteiger partial charge in [0.2, 0.25) is 0 Å². The van der Waals surface area contributed by atoms with Crippen molar-refractivity contribution >= 4 is 62.7 Å².